The fourth-order valence-electron chi connectivity index (χ4n) is 3.57. The smallest absolute Gasteiger partial charge is 0.255 e. The summed E-state index contributed by atoms with van der Waals surface area (Å²) in [5.74, 6) is -0.668. The molecular weight excluding hydrogens is 395 g/mol. The van der Waals surface area contributed by atoms with E-state index in [0.717, 1.165) is 11.1 Å². The van der Waals surface area contributed by atoms with Crippen molar-refractivity contribution in [3.8, 4) is 0 Å². The standard InChI is InChI=1S/C25H23FN2O3/c1-17-7-8-20(15-22(17)27-24(29)19-5-3-2-4-6-19)25(30)28-13-14-31-23(16-28)18-9-11-21(26)12-10-18/h2-12,15,23H,13-14,16H2,1H3,(H,27,29). The Morgan fingerprint density at radius 1 is 1.00 bits per heavy atom. The zero-order valence-electron chi connectivity index (χ0n) is 17.2. The van der Waals surface area contributed by atoms with E-state index in [1.54, 1.807) is 53.4 Å². The van der Waals surface area contributed by atoms with Gasteiger partial charge in [0.1, 0.15) is 11.9 Å². The summed E-state index contributed by atoms with van der Waals surface area (Å²) in [6.45, 7) is 3.13. The van der Waals surface area contributed by atoms with E-state index in [1.807, 2.05) is 19.1 Å². The van der Waals surface area contributed by atoms with E-state index in [2.05, 4.69) is 5.32 Å². The van der Waals surface area contributed by atoms with Crippen LogP contribution in [0.25, 0.3) is 0 Å². The summed E-state index contributed by atoms with van der Waals surface area (Å²) in [4.78, 5) is 27.4. The quantitative estimate of drug-likeness (QED) is 0.674. The third-order valence-electron chi connectivity index (χ3n) is 5.36. The van der Waals surface area contributed by atoms with Crippen molar-refractivity contribution in [2.24, 2.45) is 0 Å². The fraction of sp³-hybridized carbons (Fsp3) is 0.200. The highest BCUT2D eigenvalue weighted by Crippen LogP contribution is 2.25. The van der Waals surface area contributed by atoms with Crippen molar-refractivity contribution in [3.05, 3.63) is 101 Å². The van der Waals surface area contributed by atoms with Crippen molar-refractivity contribution in [2.75, 3.05) is 25.0 Å². The van der Waals surface area contributed by atoms with E-state index in [-0.39, 0.29) is 23.7 Å². The molecule has 2 amide bonds. The van der Waals surface area contributed by atoms with Crippen LogP contribution in [0.4, 0.5) is 10.1 Å². The lowest BCUT2D eigenvalue weighted by Gasteiger charge is -2.33. The first kappa shape index (κ1) is 20.8. The van der Waals surface area contributed by atoms with Crippen LogP contribution in [0.5, 0.6) is 0 Å². The molecule has 158 valence electrons. The van der Waals surface area contributed by atoms with E-state index in [9.17, 15) is 14.0 Å². The van der Waals surface area contributed by atoms with Crippen LogP contribution in [0.2, 0.25) is 0 Å². The number of rotatable bonds is 4. The highest BCUT2D eigenvalue weighted by molar-refractivity contribution is 6.05. The molecule has 1 atom stereocenters. The minimum absolute atomic E-state index is 0.134. The molecule has 0 spiro atoms. The molecule has 1 aliphatic heterocycles. The number of carbonyl (C=O) groups is 2. The van der Waals surface area contributed by atoms with Gasteiger partial charge in [-0.25, -0.2) is 4.39 Å². The number of nitrogens with one attached hydrogen (secondary N) is 1. The van der Waals surface area contributed by atoms with Gasteiger partial charge in [-0.3, -0.25) is 9.59 Å². The van der Waals surface area contributed by atoms with Gasteiger partial charge in [0.05, 0.1) is 13.2 Å². The Balaban J connectivity index is 1.50. The zero-order valence-corrected chi connectivity index (χ0v) is 17.2. The molecule has 1 N–H and O–H groups in total. The van der Waals surface area contributed by atoms with Crippen molar-refractivity contribution >= 4 is 17.5 Å². The molecule has 0 aliphatic carbocycles. The van der Waals surface area contributed by atoms with Crippen LogP contribution in [-0.2, 0) is 4.74 Å². The lowest BCUT2D eigenvalue weighted by Crippen LogP contribution is -2.42. The number of hydrogen-bond donors (Lipinski definition) is 1. The van der Waals surface area contributed by atoms with Gasteiger partial charge in [0, 0.05) is 23.4 Å². The molecule has 1 saturated heterocycles. The number of halogens is 1. The molecule has 1 fully saturated rings. The van der Waals surface area contributed by atoms with Crippen molar-refractivity contribution in [1.29, 1.82) is 0 Å². The van der Waals surface area contributed by atoms with E-state index < -0.39 is 0 Å². The van der Waals surface area contributed by atoms with Gasteiger partial charge in [-0.1, -0.05) is 36.4 Å². The van der Waals surface area contributed by atoms with Gasteiger partial charge in [0.25, 0.3) is 11.8 Å². The summed E-state index contributed by atoms with van der Waals surface area (Å²) in [6, 6.07) is 20.4. The number of ether oxygens (including phenoxy) is 1. The molecule has 0 bridgehead atoms. The van der Waals surface area contributed by atoms with Crippen LogP contribution in [0.1, 0.15) is 37.9 Å². The summed E-state index contributed by atoms with van der Waals surface area (Å²) >= 11 is 0. The Hall–Kier alpha value is -3.51. The molecule has 4 rings (SSSR count). The third kappa shape index (κ3) is 4.81. The molecule has 0 aromatic heterocycles. The molecule has 0 saturated carbocycles. The van der Waals surface area contributed by atoms with E-state index in [0.29, 0.717) is 36.5 Å². The molecule has 1 heterocycles. The van der Waals surface area contributed by atoms with Gasteiger partial charge in [-0.05, 0) is 54.4 Å². The molecule has 3 aromatic rings. The van der Waals surface area contributed by atoms with Gasteiger partial charge < -0.3 is 15.0 Å². The molecule has 1 aliphatic rings. The minimum atomic E-state index is -0.308. The highest BCUT2D eigenvalue weighted by atomic mass is 19.1. The van der Waals surface area contributed by atoms with Crippen LogP contribution in [0.3, 0.4) is 0 Å². The van der Waals surface area contributed by atoms with Crippen molar-refractivity contribution < 1.29 is 18.7 Å². The minimum Gasteiger partial charge on any atom is -0.370 e. The van der Waals surface area contributed by atoms with Crippen LogP contribution >= 0.6 is 0 Å². The number of morpholine rings is 1. The van der Waals surface area contributed by atoms with Gasteiger partial charge in [0.2, 0.25) is 0 Å². The first-order valence-electron chi connectivity index (χ1n) is 10.1. The number of benzene rings is 3. The van der Waals surface area contributed by atoms with Crippen LogP contribution in [0.15, 0.2) is 72.8 Å². The van der Waals surface area contributed by atoms with Crippen molar-refractivity contribution in [2.45, 2.75) is 13.0 Å². The summed E-state index contributed by atoms with van der Waals surface area (Å²) in [5.41, 5.74) is 3.34. The molecule has 6 heteroatoms. The van der Waals surface area contributed by atoms with Crippen molar-refractivity contribution in [3.63, 3.8) is 0 Å². The Bertz CT molecular complexity index is 1080. The Morgan fingerprint density at radius 3 is 2.48 bits per heavy atom. The Morgan fingerprint density at radius 2 is 1.74 bits per heavy atom. The third-order valence-corrected chi connectivity index (χ3v) is 5.36. The van der Waals surface area contributed by atoms with Crippen molar-refractivity contribution in [1.82, 2.24) is 4.90 Å². The molecule has 0 radical (unpaired) electrons. The SMILES string of the molecule is Cc1ccc(C(=O)N2CCOC(c3ccc(F)cc3)C2)cc1NC(=O)c1ccccc1. The molecule has 31 heavy (non-hydrogen) atoms. The predicted octanol–water partition coefficient (Wildman–Crippen LogP) is 4.60. The maximum atomic E-state index is 13.2. The van der Waals surface area contributed by atoms with Gasteiger partial charge in [-0.2, -0.15) is 0 Å². The van der Waals surface area contributed by atoms with Gasteiger partial charge in [-0.15, -0.1) is 0 Å². The first-order chi connectivity index (χ1) is 15.0. The monoisotopic (exact) mass is 418 g/mol. The van der Waals surface area contributed by atoms with Gasteiger partial charge >= 0.3 is 0 Å². The topological polar surface area (TPSA) is 58.6 Å². The Kier molecular flexibility index (Phi) is 6.09. The van der Waals surface area contributed by atoms with Crippen LogP contribution in [0, 0.1) is 12.7 Å². The second-order valence-electron chi connectivity index (χ2n) is 7.51. The summed E-state index contributed by atoms with van der Waals surface area (Å²) in [5, 5.41) is 2.89. The van der Waals surface area contributed by atoms with Crippen LogP contribution < -0.4 is 5.32 Å². The molecular formula is C25H23FN2O3. The summed E-state index contributed by atoms with van der Waals surface area (Å²) in [7, 11) is 0. The number of hydrogen-bond acceptors (Lipinski definition) is 3. The second kappa shape index (κ2) is 9.10. The largest absolute Gasteiger partial charge is 0.370 e. The summed E-state index contributed by atoms with van der Waals surface area (Å²) < 4.78 is 19.0. The van der Waals surface area contributed by atoms with E-state index in [4.69, 9.17) is 4.74 Å². The van der Waals surface area contributed by atoms with E-state index >= 15 is 0 Å². The van der Waals surface area contributed by atoms with E-state index in [1.165, 1.54) is 12.1 Å². The van der Waals surface area contributed by atoms with Gasteiger partial charge in [0.15, 0.2) is 0 Å². The normalized spacial score (nSPS) is 16.1. The number of nitrogens with zero attached hydrogens (tertiary/aromatic N) is 1. The lowest BCUT2D eigenvalue weighted by molar-refractivity contribution is -0.0228. The maximum absolute atomic E-state index is 13.2. The second-order valence-corrected chi connectivity index (χ2v) is 7.51. The molecule has 5 nitrogen and oxygen atoms in total. The van der Waals surface area contributed by atoms with Crippen LogP contribution in [-0.4, -0.2) is 36.4 Å². The molecule has 3 aromatic carbocycles. The highest BCUT2D eigenvalue weighted by Gasteiger charge is 2.26. The number of aryl methyl sites for hydroxylation is 1. The average molecular weight is 418 g/mol. The zero-order chi connectivity index (χ0) is 21.8. The summed E-state index contributed by atoms with van der Waals surface area (Å²) in [6.07, 6.45) is -0.305. The maximum Gasteiger partial charge on any atom is 0.255 e. The first-order valence-corrected chi connectivity index (χ1v) is 10.1. The number of anilines is 1. The lowest BCUT2D eigenvalue weighted by atomic mass is 10.1. The Labute approximate surface area is 180 Å². The number of amides is 2. The molecule has 1 unspecified atom stereocenters. The number of carbonyl (C=O) groups excluding carboxylic acids is 2. The predicted molar refractivity (Wildman–Crippen MR) is 117 cm³/mol. The fourth-order valence-corrected chi connectivity index (χ4v) is 3.57. The average Bonchev–Trinajstić information content (AvgIpc) is 2.81.